The van der Waals surface area contributed by atoms with Gasteiger partial charge in [-0.1, -0.05) is 12.1 Å². The molecule has 0 amide bonds. The Bertz CT molecular complexity index is 869. The molecule has 0 atom stereocenters. The van der Waals surface area contributed by atoms with E-state index in [1.807, 2.05) is 24.3 Å². The number of anilines is 1. The number of nitrogens with zero attached hydrogens (tertiary/aromatic N) is 3. The van der Waals surface area contributed by atoms with Gasteiger partial charge in [-0.3, -0.25) is 4.79 Å². The monoisotopic (exact) mass is 269 g/mol. The Morgan fingerprint density at radius 1 is 1.25 bits per heavy atom. The first-order chi connectivity index (χ1) is 9.63. The van der Waals surface area contributed by atoms with Crippen LogP contribution in [-0.4, -0.2) is 20.9 Å². The molecule has 0 unspecified atom stereocenters. The molecule has 0 saturated heterocycles. The summed E-state index contributed by atoms with van der Waals surface area (Å²) in [7, 11) is 0. The van der Waals surface area contributed by atoms with Gasteiger partial charge < -0.3 is 11.5 Å². The Kier molecular flexibility index (Phi) is 2.87. The second-order valence-electron chi connectivity index (χ2n) is 4.67. The average Bonchev–Trinajstić information content (AvgIpc) is 2.43. The molecule has 6 heteroatoms. The van der Waals surface area contributed by atoms with Gasteiger partial charge in [0.05, 0.1) is 11.2 Å². The van der Waals surface area contributed by atoms with Crippen molar-refractivity contribution in [3.05, 3.63) is 45.9 Å². The molecule has 0 aliphatic heterocycles. The van der Waals surface area contributed by atoms with Gasteiger partial charge in [0.2, 0.25) is 5.78 Å². The molecule has 3 aromatic rings. The maximum atomic E-state index is 12.6. The summed E-state index contributed by atoms with van der Waals surface area (Å²) in [5, 5.41) is 0.742. The molecule has 0 spiro atoms. The Hall–Kier alpha value is -2.47. The van der Waals surface area contributed by atoms with Crippen molar-refractivity contribution in [1.82, 2.24) is 14.4 Å². The Labute approximate surface area is 115 Å². The average molecular weight is 269 g/mol. The lowest BCUT2D eigenvalue weighted by atomic mass is 10.1. The van der Waals surface area contributed by atoms with E-state index in [1.165, 1.54) is 4.40 Å². The molecule has 20 heavy (non-hydrogen) atoms. The van der Waals surface area contributed by atoms with Crippen molar-refractivity contribution in [2.75, 3.05) is 12.3 Å². The van der Waals surface area contributed by atoms with Crippen LogP contribution in [0, 0.1) is 6.92 Å². The van der Waals surface area contributed by atoms with Crippen molar-refractivity contribution >= 4 is 22.5 Å². The van der Waals surface area contributed by atoms with Crippen LogP contribution in [-0.2, 0) is 6.42 Å². The molecular weight excluding hydrogens is 254 g/mol. The topological polar surface area (TPSA) is 99.3 Å². The molecule has 0 fully saturated rings. The van der Waals surface area contributed by atoms with E-state index < -0.39 is 0 Å². The summed E-state index contributed by atoms with van der Waals surface area (Å²) in [5.41, 5.74) is 13.5. The van der Waals surface area contributed by atoms with Crippen molar-refractivity contribution in [2.45, 2.75) is 13.3 Å². The highest BCUT2D eigenvalue weighted by Crippen LogP contribution is 2.19. The summed E-state index contributed by atoms with van der Waals surface area (Å²) in [4.78, 5) is 21.3. The van der Waals surface area contributed by atoms with Crippen LogP contribution in [0.15, 0.2) is 29.1 Å². The van der Waals surface area contributed by atoms with Gasteiger partial charge in [-0.25, -0.2) is 14.4 Å². The molecule has 102 valence electrons. The SMILES string of the molecule is Cc1nc2nc3ccccc3c(N)n2c(=O)c1CCN. The van der Waals surface area contributed by atoms with E-state index in [0.29, 0.717) is 35.8 Å². The minimum absolute atomic E-state index is 0.186. The number of aromatic nitrogens is 3. The predicted octanol–water partition coefficient (Wildman–Crippen LogP) is 0.635. The predicted molar refractivity (Wildman–Crippen MR) is 78.7 cm³/mol. The summed E-state index contributed by atoms with van der Waals surface area (Å²) in [6.07, 6.45) is 0.479. The van der Waals surface area contributed by atoms with Crippen LogP contribution >= 0.6 is 0 Å². The Morgan fingerprint density at radius 2 is 2.00 bits per heavy atom. The van der Waals surface area contributed by atoms with Crippen molar-refractivity contribution < 1.29 is 0 Å². The molecule has 1 aromatic carbocycles. The number of rotatable bonds is 2. The molecule has 0 saturated carbocycles. The fourth-order valence-electron chi connectivity index (χ4n) is 2.39. The van der Waals surface area contributed by atoms with Crippen LogP contribution in [0.5, 0.6) is 0 Å². The van der Waals surface area contributed by atoms with Crippen LogP contribution in [0.2, 0.25) is 0 Å². The molecule has 4 N–H and O–H groups in total. The number of nitrogen functional groups attached to an aromatic ring is 1. The summed E-state index contributed by atoms with van der Waals surface area (Å²) in [6.45, 7) is 2.18. The lowest BCUT2D eigenvalue weighted by Crippen LogP contribution is -2.26. The molecule has 2 heterocycles. The first-order valence-electron chi connectivity index (χ1n) is 6.40. The van der Waals surface area contributed by atoms with E-state index in [-0.39, 0.29) is 5.56 Å². The van der Waals surface area contributed by atoms with Gasteiger partial charge in [0.25, 0.3) is 5.56 Å². The summed E-state index contributed by atoms with van der Waals surface area (Å²) >= 11 is 0. The number of fused-ring (bicyclic) bond motifs is 2. The summed E-state index contributed by atoms with van der Waals surface area (Å²) < 4.78 is 1.36. The molecule has 0 aliphatic rings. The minimum Gasteiger partial charge on any atom is -0.384 e. The Morgan fingerprint density at radius 3 is 2.75 bits per heavy atom. The zero-order valence-corrected chi connectivity index (χ0v) is 11.1. The second kappa shape index (κ2) is 4.57. The third kappa shape index (κ3) is 1.73. The van der Waals surface area contributed by atoms with Gasteiger partial charge in [-0.2, -0.15) is 0 Å². The van der Waals surface area contributed by atoms with Crippen molar-refractivity contribution in [1.29, 1.82) is 0 Å². The molecule has 0 aliphatic carbocycles. The van der Waals surface area contributed by atoms with Crippen LogP contribution in [0.3, 0.4) is 0 Å². The van der Waals surface area contributed by atoms with Crippen molar-refractivity contribution in [2.24, 2.45) is 5.73 Å². The fraction of sp³-hybridized carbons (Fsp3) is 0.214. The van der Waals surface area contributed by atoms with Crippen molar-refractivity contribution in [3.8, 4) is 0 Å². The smallest absolute Gasteiger partial charge is 0.264 e. The van der Waals surface area contributed by atoms with Crippen molar-refractivity contribution in [3.63, 3.8) is 0 Å². The lowest BCUT2D eigenvalue weighted by Gasteiger charge is -2.10. The molecule has 0 radical (unpaired) electrons. The van der Waals surface area contributed by atoms with Crippen LogP contribution in [0.4, 0.5) is 5.82 Å². The first kappa shape index (κ1) is 12.6. The normalized spacial score (nSPS) is 11.3. The van der Waals surface area contributed by atoms with E-state index in [4.69, 9.17) is 11.5 Å². The molecule has 2 aromatic heterocycles. The van der Waals surface area contributed by atoms with Crippen LogP contribution < -0.4 is 17.0 Å². The van der Waals surface area contributed by atoms with Gasteiger partial charge in [0.15, 0.2) is 0 Å². The second-order valence-corrected chi connectivity index (χ2v) is 4.67. The maximum absolute atomic E-state index is 12.6. The van der Waals surface area contributed by atoms with E-state index in [2.05, 4.69) is 9.97 Å². The fourth-order valence-corrected chi connectivity index (χ4v) is 2.39. The van der Waals surface area contributed by atoms with E-state index in [0.717, 1.165) is 10.9 Å². The van der Waals surface area contributed by atoms with Gasteiger partial charge in [0, 0.05) is 10.9 Å². The number of hydrogen-bond acceptors (Lipinski definition) is 5. The van der Waals surface area contributed by atoms with Gasteiger partial charge >= 0.3 is 0 Å². The number of aryl methyl sites for hydroxylation is 1. The van der Waals surface area contributed by atoms with Crippen LogP contribution in [0.25, 0.3) is 16.7 Å². The third-order valence-corrected chi connectivity index (χ3v) is 3.40. The molecule has 3 rings (SSSR count). The highest BCUT2D eigenvalue weighted by molar-refractivity contribution is 5.89. The third-order valence-electron chi connectivity index (χ3n) is 3.40. The largest absolute Gasteiger partial charge is 0.384 e. The summed E-state index contributed by atoms with van der Waals surface area (Å²) in [5.74, 6) is 0.686. The standard InChI is InChI=1S/C14H15N5O/c1-8-9(6-7-15)13(20)19-12(16)10-4-2-3-5-11(10)18-14(19)17-8/h2-5H,6-7,15-16H2,1H3. The number of benzene rings is 1. The molecule has 0 bridgehead atoms. The quantitative estimate of drug-likeness (QED) is 0.665. The van der Waals surface area contributed by atoms with Gasteiger partial charge in [0.1, 0.15) is 5.82 Å². The zero-order chi connectivity index (χ0) is 14.3. The van der Waals surface area contributed by atoms with E-state index >= 15 is 0 Å². The lowest BCUT2D eigenvalue weighted by molar-refractivity contribution is 0.881. The summed E-state index contributed by atoms with van der Waals surface area (Å²) in [6, 6.07) is 7.42. The number of nitrogens with two attached hydrogens (primary N) is 2. The van der Waals surface area contributed by atoms with E-state index in [9.17, 15) is 4.79 Å². The zero-order valence-electron chi connectivity index (χ0n) is 11.1. The number of para-hydroxylation sites is 1. The van der Waals surface area contributed by atoms with Gasteiger partial charge in [-0.05, 0) is 32.0 Å². The minimum atomic E-state index is -0.186. The molecule has 6 nitrogen and oxygen atoms in total. The van der Waals surface area contributed by atoms with E-state index in [1.54, 1.807) is 6.92 Å². The number of hydrogen-bond donors (Lipinski definition) is 2. The highest BCUT2D eigenvalue weighted by atomic mass is 16.1. The maximum Gasteiger partial charge on any atom is 0.264 e. The Balaban J connectivity index is 2.50. The van der Waals surface area contributed by atoms with Gasteiger partial charge in [-0.15, -0.1) is 0 Å². The highest BCUT2D eigenvalue weighted by Gasteiger charge is 2.13. The molecular formula is C14H15N5O. The van der Waals surface area contributed by atoms with Crippen LogP contribution in [0.1, 0.15) is 11.3 Å². The first-order valence-corrected chi connectivity index (χ1v) is 6.40.